The molecule has 1 aliphatic heterocycles. The number of piperidine rings is 1. The molecule has 1 aromatic carbocycles. The third kappa shape index (κ3) is 3.09. The van der Waals surface area contributed by atoms with Crippen LogP contribution in [-0.2, 0) is 4.79 Å². The number of hydrogen-bond donors (Lipinski definition) is 1. The minimum atomic E-state index is 0.122. The van der Waals surface area contributed by atoms with Gasteiger partial charge >= 0.3 is 0 Å². The van der Waals surface area contributed by atoms with Gasteiger partial charge in [0.25, 0.3) is 0 Å². The van der Waals surface area contributed by atoms with E-state index in [1.807, 2.05) is 36.1 Å². The van der Waals surface area contributed by atoms with Crippen molar-refractivity contribution < 1.29 is 4.79 Å². The summed E-state index contributed by atoms with van der Waals surface area (Å²) in [5.74, 6) is 1.17. The lowest BCUT2D eigenvalue weighted by Crippen LogP contribution is -2.45. The van der Waals surface area contributed by atoms with Crippen LogP contribution in [0.4, 0.5) is 0 Å². The zero-order valence-electron chi connectivity index (χ0n) is 12.5. The van der Waals surface area contributed by atoms with Crippen molar-refractivity contribution in [3.63, 3.8) is 0 Å². The second-order valence-electron chi connectivity index (χ2n) is 6.52. The average molecular weight is 307 g/mol. The summed E-state index contributed by atoms with van der Waals surface area (Å²) in [5.41, 5.74) is 7.13. The molecule has 1 heterocycles. The first kappa shape index (κ1) is 14.9. The fraction of sp³-hybridized carbons (Fsp3) is 0.588. The number of halogens is 1. The van der Waals surface area contributed by atoms with Crippen LogP contribution in [0.15, 0.2) is 24.3 Å². The molecule has 1 aliphatic carbocycles. The fourth-order valence-corrected chi connectivity index (χ4v) is 3.74. The first-order chi connectivity index (χ1) is 10.1. The molecule has 1 saturated carbocycles. The van der Waals surface area contributed by atoms with Gasteiger partial charge in [-0.1, -0.05) is 29.8 Å². The Kier molecular flexibility index (Phi) is 4.23. The van der Waals surface area contributed by atoms with Crippen LogP contribution in [0, 0.1) is 11.8 Å². The van der Waals surface area contributed by atoms with Crippen LogP contribution < -0.4 is 5.73 Å². The van der Waals surface area contributed by atoms with Crippen molar-refractivity contribution >= 4 is 17.5 Å². The molecular weight excluding hydrogens is 284 g/mol. The van der Waals surface area contributed by atoms with Crippen molar-refractivity contribution in [2.75, 3.05) is 13.1 Å². The van der Waals surface area contributed by atoms with E-state index in [4.69, 9.17) is 17.3 Å². The summed E-state index contributed by atoms with van der Waals surface area (Å²) in [5, 5.41) is 0.782. The molecule has 0 bridgehead atoms. The Bertz CT molecular complexity index is 531. The second-order valence-corrected chi connectivity index (χ2v) is 6.92. The van der Waals surface area contributed by atoms with E-state index in [2.05, 4.69) is 0 Å². The topological polar surface area (TPSA) is 46.3 Å². The molecule has 1 aromatic rings. The molecule has 3 rings (SSSR count). The van der Waals surface area contributed by atoms with Crippen LogP contribution in [0.1, 0.15) is 37.7 Å². The van der Waals surface area contributed by atoms with E-state index in [0.717, 1.165) is 42.9 Å². The van der Waals surface area contributed by atoms with Crippen molar-refractivity contribution in [3.05, 3.63) is 34.9 Å². The van der Waals surface area contributed by atoms with E-state index in [9.17, 15) is 4.79 Å². The number of likely N-dealkylation sites (tertiary alicyclic amines) is 1. The molecule has 1 amide bonds. The summed E-state index contributed by atoms with van der Waals surface area (Å²) in [6.07, 6.45) is 3.14. The molecule has 2 fully saturated rings. The van der Waals surface area contributed by atoms with Gasteiger partial charge < -0.3 is 10.6 Å². The highest BCUT2D eigenvalue weighted by atomic mass is 35.5. The minimum Gasteiger partial charge on any atom is -0.342 e. The Labute approximate surface area is 131 Å². The number of hydrogen-bond acceptors (Lipinski definition) is 2. The Hall–Kier alpha value is -1.06. The smallest absolute Gasteiger partial charge is 0.226 e. The standard InChI is InChI=1S/C17H23ClN2O/c1-11(19)12-5-4-8-20(10-12)17(21)15-9-14(15)13-6-2-3-7-16(13)18/h2-3,6-7,11-12,14-15H,4-5,8-10,19H2,1H3/t11-,12+,14+,15+/m0/s1. The second kappa shape index (κ2) is 5.98. The number of amides is 1. The Morgan fingerprint density at radius 2 is 2.19 bits per heavy atom. The molecule has 3 nitrogen and oxygen atoms in total. The number of nitrogens with zero attached hydrogens (tertiary/aromatic N) is 1. The van der Waals surface area contributed by atoms with Crippen molar-refractivity contribution in [3.8, 4) is 0 Å². The first-order valence-corrected chi connectivity index (χ1v) is 8.24. The van der Waals surface area contributed by atoms with Gasteiger partial charge in [0.2, 0.25) is 5.91 Å². The van der Waals surface area contributed by atoms with Crippen LogP contribution in [0.5, 0.6) is 0 Å². The van der Waals surface area contributed by atoms with Gasteiger partial charge in [-0.15, -0.1) is 0 Å². The van der Waals surface area contributed by atoms with Crippen molar-refractivity contribution in [1.82, 2.24) is 4.90 Å². The molecule has 4 heteroatoms. The molecule has 0 radical (unpaired) electrons. The van der Waals surface area contributed by atoms with Gasteiger partial charge in [-0.05, 0) is 49.7 Å². The van der Waals surface area contributed by atoms with Gasteiger partial charge in [-0.3, -0.25) is 4.79 Å². The quantitative estimate of drug-likeness (QED) is 0.933. The Morgan fingerprint density at radius 3 is 2.90 bits per heavy atom. The summed E-state index contributed by atoms with van der Waals surface area (Å²) < 4.78 is 0. The van der Waals surface area contributed by atoms with Crippen LogP contribution in [0.25, 0.3) is 0 Å². The molecule has 0 aromatic heterocycles. The molecular formula is C17H23ClN2O. The minimum absolute atomic E-state index is 0.122. The summed E-state index contributed by atoms with van der Waals surface area (Å²) in [7, 11) is 0. The summed E-state index contributed by atoms with van der Waals surface area (Å²) >= 11 is 6.24. The number of rotatable bonds is 3. The highest BCUT2D eigenvalue weighted by Crippen LogP contribution is 2.50. The lowest BCUT2D eigenvalue weighted by Gasteiger charge is -2.35. The molecule has 4 atom stereocenters. The Balaban J connectivity index is 1.64. The highest BCUT2D eigenvalue weighted by molar-refractivity contribution is 6.31. The maximum atomic E-state index is 12.7. The summed E-state index contributed by atoms with van der Waals surface area (Å²) in [6.45, 7) is 3.75. The maximum absolute atomic E-state index is 12.7. The third-order valence-corrected chi connectivity index (χ3v) is 5.27. The number of benzene rings is 1. The predicted octanol–water partition coefficient (Wildman–Crippen LogP) is 3.03. The highest BCUT2D eigenvalue weighted by Gasteiger charge is 2.47. The van der Waals surface area contributed by atoms with E-state index in [-0.39, 0.29) is 12.0 Å². The molecule has 0 spiro atoms. The van der Waals surface area contributed by atoms with E-state index in [1.165, 1.54) is 0 Å². The van der Waals surface area contributed by atoms with Crippen molar-refractivity contribution in [2.45, 2.75) is 38.1 Å². The predicted molar refractivity (Wildman–Crippen MR) is 85.3 cm³/mol. The summed E-state index contributed by atoms with van der Waals surface area (Å²) in [4.78, 5) is 14.7. The monoisotopic (exact) mass is 306 g/mol. The molecule has 1 saturated heterocycles. The van der Waals surface area contributed by atoms with Gasteiger partial charge in [0.15, 0.2) is 0 Å². The van der Waals surface area contributed by atoms with Crippen LogP contribution in [-0.4, -0.2) is 29.9 Å². The van der Waals surface area contributed by atoms with E-state index < -0.39 is 0 Å². The SMILES string of the molecule is C[C@H](N)[C@@H]1CCCN(C(=O)[C@@H]2C[C@@H]2c2ccccc2Cl)C1. The van der Waals surface area contributed by atoms with E-state index >= 15 is 0 Å². The van der Waals surface area contributed by atoms with Crippen LogP contribution in [0.2, 0.25) is 5.02 Å². The van der Waals surface area contributed by atoms with Gasteiger partial charge in [0.1, 0.15) is 0 Å². The van der Waals surface area contributed by atoms with Crippen LogP contribution in [0.3, 0.4) is 0 Å². The average Bonchev–Trinajstić information content (AvgIpc) is 3.27. The lowest BCUT2D eigenvalue weighted by atomic mass is 9.92. The van der Waals surface area contributed by atoms with Crippen molar-refractivity contribution in [1.29, 1.82) is 0 Å². The van der Waals surface area contributed by atoms with Gasteiger partial charge in [0.05, 0.1) is 0 Å². The van der Waals surface area contributed by atoms with Crippen molar-refractivity contribution in [2.24, 2.45) is 17.6 Å². The number of carbonyl (C=O) groups is 1. The first-order valence-electron chi connectivity index (χ1n) is 7.86. The number of nitrogens with two attached hydrogens (primary N) is 1. The molecule has 21 heavy (non-hydrogen) atoms. The zero-order valence-corrected chi connectivity index (χ0v) is 13.2. The van der Waals surface area contributed by atoms with E-state index in [0.29, 0.717) is 17.7 Å². The summed E-state index contributed by atoms with van der Waals surface area (Å²) in [6, 6.07) is 8.04. The van der Waals surface area contributed by atoms with Gasteiger partial charge in [-0.2, -0.15) is 0 Å². The number of carbonyl (C=O) groups excluding carboxylic acids is 1. The third-order valence-electron chi connectivity index (χ3n) is 4.93. The van der Waals surface area contributed by atoms with E-state index in [1.54, 1.807) is 0 Å². The van der Waals surface area contributed by atoms with Gasteiger partial charge in [-0.25, -0.2) is 0 Å². The molecule has 0 unspecified atom stereocenters. The molecule has 114 valence electrons. The van der Waals surface area contributed by atoms with Crippen LogP contribution >= 0.6 is 11.6 Å². The zero-order chi connectivity index (χ0) is 15.0. The molecule has 2 aliphatic rings. The van der Waals surface area contributed by atoms with Gasteiger partial charge in [0, 0.05) is 30.1 Å². The lowest BCUT2D eigenvalue weighted by molar-refractivity contribution is -0.134. The Morgan fingerprint density at radius 1 is 1.43 bits per heavy atom. The maximum Gasteiger partial charge on any atom is 0.226 e. The largest absolute Gasteiger partial charge is 0.342 e. The normalized spacial score (nSPS) is 30.0. The fourth-order valence-electron chi connectivity index (χ4n) is 3.46. The molecule has 2 N–H and O–H groups in total.